The van der Waals surface area contributed by atoms with Crippen LogP contribution in [0.5, 0.6) is 0 Å². The molecule has 1 saturated heterocycles. The molecule has 0 saturated carbocycles. The molecule has 138 valence electrons. The summed E-state index contributed by atoms with van der Waals surface area (Å²) in [6.45, 7) is 6.79. The molecule has 0 radical (unpaired) electrons. The van der Waals surface area contributed by atoms with Gasteiger partial charge < -0.3 is 20.1 Å². The van der Waals surface area contributed by atoms with Gasteiger partial charge in [0, 0.05) is 26.7 Å². The minimum Gasteiger partial charge on any atom is -0.444 e. The number of piperazine rings is 1. The van der Waals surface area contributed by atoms with E-state index in [0.29, 0.717) is 25.3 Å². The Morgan fingerprint density at radius 1 is 1.36 bits per heavy atom. The maximum absolute atomic E-state index is 12.3. The highest BCUT2D eigenvalue weighted by Gasteiger charge is 2.33. The molecule has 2 N–H and O–H groups in total. The molecule has 0 aromatic carbocycles. The maximum atomic E-state index is 12.3. The molecule has 0 bridgehead atoms. The van der Waals surface area contributed by atoms with Crippen molar-refractivity contribution in [3.8, 4) is 0 Å². The number of carbonyl (C=O) groups is 2. The van der Waals surface area contributed by atoms with E-state index in [1.54, 1.807) is 24.2 Å². The fraction of sp³-hybridized carbons (Fsp3) is 0.588. The Kier molecular flexibility index (Phi) is 5.84. The first-order chi connectivity index (χ1) is 11.7. The first kappa shape index (κ1) is 19.0. The lowest BCUT2D eigenvalue weighted by atomic mass is 10.1. The average molecular weight is 350 g/mol. The van der Waals surface area contributed by atoms with E-state index in [2.05, 4.69) is 10.3 Å². The number of nitrogens with zero attached hydrogens (tertiary/aromatic N) is 3. The molecule has 2 heterocycles. The van der Waals surface area contributed by atoms with Gasteiger partial charge in [0.2, 0.25) is 0 Å². The SMILES string of the molecule is CNC(=O)c1ccc(N2CCN(C(=O)OC(C)(C)C)[C@H](CO)C2)cn1. The third-order valence-electron chi connectivity index (χ3n) is 3.89. The second-order valence-electron chi connectivity index (χ2n) is 6.94. The van der Waals surface area contributed by atoms with Crippen LogP contribution in [0.4, 0.5) is 10.5 Å². The van der Waals surface area contributed by atoms with E-state index in [0.717, 1.165) is 5.69 Å². The van der Waals surface area contributed by atoms with Crippen LogP contribution in [-0.4, -0.2) is 71.9 Å². The van der Waals surface area contributed by atoms with Gasteiger partial charge in [-0.3, -0.25) is 9.69 Å². The zero-order chi connectivity index (χ0) is 18.6. The molecular weight excluding hydrogens is 324 g/mol. The smallest absolute Gasteiger partial charge is 0.410 e. The van der Waals surface area contributed by atoms with Crippen molar-refractivity contribution in [1.29, 1.82) is 0 Å². The molecular formula is C17H26N4O4. The number of ether oxygens (including phenoxy) is 1. The number of amides is 2. The Balaban J connectivity index is 2.05. The number of aliphatic hydroxyl groups is 1. The zero-order valence-electron chi connectivity index (χ0n) is 15.2. The van der Waals surface area contributed by atoms with Crippen LogP contribution >= 0.6 is 0 Å². The molecule has 1 aromatic rings. The van der Waals surface area contributed by atoms with Gasteiger partial charge in [-0.2, -0.15) is 0 Å². The fourth-order valence-electron chi connectivity index (χ4n) is 2.64. The van der Waals surface area contributed by atoms with E-state index in [4.69, 9.17) is 4.74 Å². The van der Waals surface area contributed by atoms with Gasteiger partial charge >= 0.3 is 6.09 Å². The molecule has 1 atom stereocenters. The summed E-state index contributed by atoms with van der Waals surface area (Å²) in [5, 5.41) is 12.2. The Morgan fingerprint density at radius 2 is 2.08 bits per heavy atom. The number of rotatable bonds is 3. The van der Waals surface area contributed by atoms with Crippen LogP contribution < -0.4 is 10.2 Å². The topological polar surface area (TPSA) is 95.0 Å². The Morgan fingerprint density at radius 3 is 2.60 bits per heavy atom. The number of carbonyl (C=O) groups excluding carboxylic acids is 2. The first-order valence-corrected chi connectivity index (χ1v) is 8.28. The quantitative estimate of drug-likeness (QED) is 0.840. The summed E-state index contributed by atoms with van der Waals surface area (Å²) >= 11 is 0. The molecule has 1 aliphatic rings. The van der Waals surface area contributed by atoms with E-state index in [-0.39, 0.29) is 18.6 Å². The van der Waals surface area contributed by atoms with Crippen LogP contribution in [0.25, 0.3) is 0 Å². The van der Waals surface area contributed by atoms with Gasteiger partial charge in [-0.25, -0.2) is 9.78 Å². The number of hydrogen-bond acceptors (Lipinski definition) is 6. The number of pyridine rings is 1. The number of aromatic nitrogens is 1. The van der Waals surface area contributed by atoms with Crippen molar-refractivity contribution in [3.63, 3.8) is 0 Å². The standard InChI is InChI=1S/C17H26N4O4/c1-17(2,3)25-16(24)21-8-7-20(10-13(21)11-22)12-5-6-14(19-9-12)15(23)18-4/h5-6,9,13,22H,7-8,10-11H2,1-4H3,(H,18,23)/t13-/m0/s1. The number of aliphatic hydroxyl groups excluding tert-OH is 1. The fourth-order valence-corrected chi connectivity index (χ4v) is 2.64. The van der Waals surface area contributed by atoms with Gasteiger partial charge in [0.15, 0.2) is 0 Å². The molecule has 0 unspecified atom stereocenters. The zero-order valence-corrected chi connectivity index (χ0v) is 15.2. The maximum Gasteiger partial charge on any atom is 0.410 e. The van der Waals surface area contributed by atoms with E-state index in [1.807, 2.05) is 31.7 Å². The monoisotopic (exact) mass is 350 g/mol. The van der Waals surface area contributed by atoms with Crippen LogP contribution in [0.1, 0.15) is 31.3 Å². The van der Waals surface area contributed by atoms with E-state index < -0.39 is 11.7 Å². The molecule has 25 heavy (non-hydrogen) atoms. The molecule has 2 amide bonds. The highest BCUT2D eigenvalue weighted by Crippen LogP contribution is 2.20. The molecule has 0 aliphatic carbocycles. The van der Waals surface area contributed by atoms with Crippen LogP contribution in [0.3, 0.4) is 0 Å². The summed E-state index contributed by atoms with van der Waals surface area (Å²) < 4.78 is 5.41. The van der Waals surface area contributed by atoms with Gasteiger partial charge in [0.25, 0.3) is 5.91 Å². The lowest BCUT2D eigenvalue weighted by molar-refractivity contribution is 0.00703. The molecule has 0 spiro atoms. The van der Waals surface area contributed by atoms with Gasteiger partial charge in [-0.15, -0.1) is 0 Å². The summed E-state index contributed by atoms with van der Waals surface area (Å²) in [5.41, 5.74) is 0.612. The third-order valence-corrected chi connectivity index (χ3v) is 3.89. The molecule has 1 aromatic heterocycles. The second kappa shape index (κ2) is 7.69. The predicted molar refractivity (Wildman–Crippen MR) is 93.7 cm³/mol. The summed E-state index contributed by atoms with van der Waals surface area (Å²) in [7, 11) is 1.56. The summed E-state index contributed by atoms with van der Waals surface area (Å²) in [5.74, 6) is -0.241. The van der Waals surface area contributed by atoms with Crippen molar-refractivity contribution in [1.82, 2.24) is 15.2 Å². The van der Waals surface area contributed by atoms with E-state index >= 15 is 0 Å². The third kappa shape index (κ3) is 4.82. The highest BCUT2D eigenvalue weighted by atomic mass is 16.6. The molecule has 2 rings (SSSR count). The minimum absolute atomic E-state index is 0.153. The van der Waals surface area contributed by atoms with Crippen LogP contribution in [0.2, 0.25) is 0 Å². The van der Waals surface area contributed by atoms with Crippen molar-refractivity contribution in [2.75, 3.05) is 38.2 Å². The average Bonchev–Trinajstić information content (AvgIpc) is 2.59. The number of nitrogens with one attached hydrogen (secondary N) is 1. The van der Waals surface area contributed by atoms with Crippen molar-refractivity contribution in [2.24, 2.45) is 0 Å². The van der Waals surface area contributed by atoms with Gasteiger partial charge in [-0.05, 0) is 32.9 Å². The van der Waals surface area contributed by atoms with E-state index in [1.165, 1.54) is 0 Å². The Bertz CT molecular complexity index is 612. The lowest BCUT2D eigenvalue weighted by Crippen LogP contribution is -2.57. The summed E-state index contributed by atoms with van der Waals surface area (Å²) in [4.78, 5) is 31.6. The number of anilines is 1. The largest absolute Gasteiger partial charge is 0.444 e. The Labute approximate surface area is 147 Å². The predicted octanol–water partition coefficient (Wildman–Crippen LogP) is 0.859. The molecule has 1 aliphatic heterocycles. The normalized spacial score (nSPS) is 18.0. The van der Waals surface area contributed by atoms with Gasteiger partial charge in [0.1, 0.15) is 11.3 Å². The molecule has 8 heteroatoms. The lowest BCUT2D eigenvalue weighted by Gasteiger charge is -2.41. The van der Waals surface area contributed by atoms with Gasteiger partial charge in [0.05, 0.1) is 24.5 Å². The van der Waals surface area contributed by atoms with Crippen molar-refractivity contribution in [2.45, 2.75) is 32.4 Å². The van der Waals surface area contributed by atoms with Crippen molar-refractivity contribution < 1.29 is 19.4 Å². The van der Waals surface area contributed by atoms with Crippen molar-refractivity contribution >= 4 is 17.7 Å². The first-order valence-electron chi connectivity index (χ1n) is 8.28. The summed E-state index contributed by atoms with van der Waals surface area (Å²) in [6.07, 6.45) is 1.21. The molecule has 8 nitrogen and oxygen atoms in total. The molecule has 1 fully saturated rings. The van der Waals surface area contributed by atoms with Crippen LogP contribution in [-0.2, 0) is 4.74 Å². The minimum atomic E-state index is -0.576. The van der Waals surface area contributed by atoms with Crippen molar-refractivity contribution in [3.05, 3.63) is 24.0 Å². The number of hydrogen-bond donors (Lipinski definition) is 2. The second-order valence-corrected chi connectivity index (χ2v) is 6.94. The van der Waals surface area contributed by atoms with Crippen LogP contribution in [0.15, 0.2) is 18.3 Å². The van der Waals surface area contributed by atoms with E-state index in [9.17, 15) is 14.7 Å². The summed E-state index contributed by atoms with van der Waals surface area (Å²) in [6, 6.07) is 3.11. The highest BCUT2D eigenvalue weighted by molar-refractivity contribution is 5.92. The van der Waals surface area contributed by atoms with Crippen LogP contribution in [0, 0.1) is 0 Å². The Hall–Kier alpha value is -2.35. The van der Waals surface area contributed by atoms with Gasteiger partial charge in [-0.1, -0.05) is 0 Å².